The number of carbonyl (C=O) groups excluding carboxylic acids is 2. The van der Waals surface area contributed by atoms with Crippen LogP contribution in [-0.4, -0.2) is 27.3 Å². The predicted molar refractivity (Wildman–Crippen MR) is 105 cm³/mol. The minimum atomic E-state index is -3.54. The van der Waals surface area contributed by atoms with Crippen LogP contribution >= 0.6 is 0 Å². The maximum Gasteiger partial charge on any atom is 0.255 e. The Morgan fingerprint density at radius 1 is 0.815 bits per heavy atom. The van der Waals surface area contributed by atoms with E-state index in [1.807, 2.05) is 20.8 Å². The van der Waals surface area contributed by atoms with Crippen molar-refractivity contribution in [2.45, 2.75) is 25.7 Å². The number of amides is 2. The first kappa shape index (κ1) is 20.6. The van der Waals surface area contributed by atoms with Gasteiger partial charge in [-0.05, 0) is 55.6 Å². The highest BCUT2D eigenvalue weighted by molar-refractivity contribution is 7.89. The van der Waals surface area contributed by atoms with E-state index in [4.69, 9.17) is 0 Å². The number of nitrogens with one attached hydrogen (secondary N) is 3. The van der Waals surface area contributed by atoms with Crippen LogP contribution in [-0.2, 0) is 14.8 Å². The van der Waals surface area contributed by atoms with Gasteiger partial charge in [0.05, 0.1) is 4.90 Å². The third kappa shape index (κ3) is 5.38. The SMILES string of the molecule is CNS(=O)(=O)c1ccc(C(=O)Nc2ccc(NC(=O)C(C)(C)C)cc2)cc1. The zero-order chi connectivity index (χ0) is 20.2. The molecule has 0 aromatic heterocycles. The van der Waals surface area contributed by atoms with Crippen LogP contribution in [0.25, 0.3) is 0 Å². The number of anilines is 2. The van der Waals surface area contributed by atoms with Gasteiger partial charge < -0.3 is 10.6 Å². The van der Waals surface area contributed by atoms with Crippen LogP contribution in [0.3, 0.4) is 0 Å². The smallest absolute Gasteiger partial charge is 0.255 e. The second-order valence-electron chi connectivity index (χ2n) is 6.97. The molecular formula is C19H23N3O4S. The second-order valence-corrected chi connectivity index (χ2v) is 8.85. The average Bonchev–Trinajstić information content (AvgIpc) is 2.62. The molecule has 2 rings (SSSR count). The Hall–Kier alpha value is -2.71. The lowest BCUT2D eigenvalue weighted by atomic mass is 9.95. The molecule has 2 aromatic rings. The van der Waals surface area contributed by atoms with E-state index in [9.17, 15) is 18.0 Å². The molecule has 0 bridgehead atoms. The summed E-state index contributed by atoms with van der Waals surface area (Å²) < 4.78 is 25.6. The Labute approximate surface area is 159 Å². The molecule has 27 heavy (non-hydrogen) atoms. The number of sulfonamides is 1. The molecule has 0 saturated heterocycles. The summed E-state index contributed by atoms with van der Waals surface area (Å²) >= 11 is 0. The van der Waals surface area contributed by atoms with Crippen molar-refractivity contribution in [2.75, 3.05) is 17.7 Å². The van der Waals surface area contributed by atoms with Crippen LogP contribution in [0.1, 0.15) is 31.1 Å². The van der Waals surface area contributed by atoms with E-state index in [1.54, 1.807) is 24.3 Å². The lowest BCUT2D eigenvalue weighted by Gasteiger charge is -2.17. The van der Waals surface area contributed by atoms with Gasteiger partial charge in [0.15, 0.2) is 0 Å². The molecular weight excluding hydrogens is 366 g/mol. The van der Waals surface area contributed by atoms with E-state index in [0.29, 0.717) is 16.9 Å². The summed E-state index contributed by atoms with van der Waals surface area (Å²) in [5.41, 5.74) is 1.02. The maximum absolute atomic E-state index is 12.3. The van der Waals surface area contributed by atoms with Crippen LogP contribution in [0, 0.1) is 5.41 Å². The molecule has 2 amide bonds. The molecule has 7 nitrogen and oxygen atoms in total. The van der Waals surface area contributed by atoms with Crippen molar-refractivity contribution in [1.29, 1.82) is 0 Å². The Morgan fingerprint density at radius 2 is 1.30 bits per heavy atom. The van der Waals surface area contributed by atoms with Crippen LogP contribution in [0.5, 0.6) is 0 Å². The highest BCUT2D eigenvalue weighted by Gasteiger charge is 2.21. The van der Waals surface area contributed by atoms with Gasteiger partial charge in [-0.25, -0.2) is 13.1 Å². The molecule has 0 fully saturated rings. The standard InChI is InChI=1S/C19H23N3O4S/c1-19(2,3)18(24)22-15-9-7-14(8-10-15)21-17(23)13-5-11-16(12-6-13)27(25,26)20-4/h5-12,20H,1-4H3,(H,21,23)(H,22,24). The lowest BCUT2D eigenvalue weighted by Crippen LogP contribution is -2.27. The van der Waals surface area contributed by atoms with Crippen molar-refractivity contribution in [1.82, 2.24) is 4.72 Å². The van der Waals surface area contributed by atoms with Crippen molar-refractivity contribution in [2.24, 2.45) is 5.41 Å². The Balaban J connectivity index is 2.05. The molecule has 0 saturated carbocycles. The van der Waals surface area contributed by atoms with Gasteiger partial charge in [-0.3, -0.25) is 9.59 Å². The molecule has 3 N–H and O–H groups in total. The molecule has 8 heteroatoms. The Morgan fingerprint density at radius 3 is 1.74 bits per heavy atom. The quantitative estimate of drug-likeness (QED) is 0.731. The topological polar surface area (TPSA) is 104 Å². The molecule has 0 atom stereocenters. The molecule has 0 aliphatic carbocycles. The minimum absolute atomic E-state index is 0.0838. The molecule has 0 heterocycles. The van der Waals surface area contributed by atoms with E-state index < -0.39 is 15.4 Å². The van der Waals surface area contributed by atoms with Crippen molar-refractivity contribution in [3.8, 4) is 0 Å². The summed E-state index contributed by atoms with van der Waals surface area (Å²) in [5, 5.41) is 5.53. The highest BCUT2D eigenvalue weighted by Crippen LogP contribution is 2.19. The fourth-order valence-electron chi connectivity index (χ4n) is 2.06. The van der Waals surface area contributed by atoms with Gasteiger partial charge in [0, 0.05) is 22.4 Å². The first-order valence-corrected chi connectivity index (χ1v) is 9.78. The number of hydrogen-bond donors (Lipinski definition) is 3. The Bertz CT molecular complexity index is 928. The largest absolute Gasteiger partial charge is 0.326 e. The third-order valence-electron chi connectivity index (χ3n) is 3.78. The van der Waals surface area contributed by atoms with Crippen LogP contribution < -0.4 is 15.4 Å². The van der Waals surface area contributed by atoms with Gasteiger partial charge >= 0.3 is 0 Å². The van der Waals surface area contributed by atoms with E-state index >= 15 is 0 Å². The zero-order valence-electron chi connectivity index (χ0n) is 15.7. The average molecular weight is 389 g/mol. The minimum Gasteiger partial charge on any atom is -0.326 e. The molecule has 0 spiro atoms. The van der Waals surface area contributed by atoms with Crippen molar-refractivity contribution in [3.63, 3.8) is 0 Å². The third-order valence-corrected chi connectivity index (χ3v) is 5.21. The number of hydrogen-bond acceptors (Lipinski definition) is 4. The zero-order valence-corrected chi connectivity index (χ0v) is 16.5. The number of benzene rings is 2. The monoisotopic (exact) mass is 389 g/mol. The molecule has 2 aromatic carbocycles. The first-order valence-electron chi connectivity index (χ1n) is 8.29. The molecule has 0 aliphatic rings. The normalized spacial score (nSPS) is 11.7. The van der Waals surface area contributed by atoms with Gasteiger partial charge in [-0.15, -0.1) is 0 Å². The van der Waals surface area contributed by atoms with Gasteiger partial charge in [-0.2, -0.15) is 0 Å². The van der Waals surface area contributed by atoms with E-state index in [-0.39, 0.29) is 16.7 Å². The van der Waals surface area contributed by atoms with Gasteiger partial charge in [0.2, 0.25) is 15.9 Å². The van der Waals surface area contributed by atoms with Crippen molar-refractivity contribution < 1.29 is 18.0 Å². The van der Waals surface area contributed by atoms with Crippen molar-refractivity contribution in [3.05, 3.63) is 54.1 Å². The molecule has 0 aliphatic heterocycles. The summed E-state index contributed by atoms with van der Waals surface area (Å²) in [5.74, 6) is -0.467. The lowest BCUT2D eigenvalue weighted by molar-refractivity contribution is -0.123. The molecule has 144 valence electrons. The summed E-state index contributed by atoms with van der Waals surface area (Å²) in [7, 11) is -2.22. The van der Waals surface area contributed by atoms with Crippen molar-refractivity contribution >= 4 is 33.2 Å². The van der Waals surface area contributed by atoms with Crippen LogP contribution in [0.2, 0.25) is 0 Å². The van der Waals surface area contributed by atoms with E-state index in [1.165, 1.54) is 31.3 Å². The maximum atomic E-state index is 12.3. The second kappa shape index (κ2) is 7.89. The van der Waals surface area contributed by atoms with Gasteiger partial charge in [0.25, 0.3) is 5.91 Å². The summed E-state index contributed by atoms with van der Waals surface area (Å²) in [4.78, 5) is 24.4. The predicted octanol–water partition coefficient (Wildman–Crippen LogP) is 2.83. The van der Waals surface area contributed by atoms with E-state index in [2.05, 4.69) is 15.4 Å². The summed E-state index contributed by atoms with van der Waals surface area (Å²) in [6.45, 7) is 5.47. The fraction of sp³-hybridized carbons (Fsp3) is 0.263. The fourth-order valence-corrected chi connectivity index (χ4v) is 2.79. The highest BCUT2D eigenvalue weighted by atomic mass is 32.2. The first-order chi connectivity index (χ1) is 12.5. The Kier molecular flexibility index (Phi) is 6.02. The molecule has 0 radical (unpaired) electrons. The number of rotatable bonds is 5. The summed E-state index contributed by atoms with van der Waals surface area (Å²) in [6.07, 6.45) is 0. The van der Waals surface area contributed by atoms with E-state index in [0.717, 1.165) is 0 Å². The van der Waals surface area contributed by atoms with Crippen LogP contribution in [0.4, 0.5) is 11.4 Å². The number of carbonyl (C=O) groups is 2. The van der Waals surface area contributed by atoms with Gasteiger partial charge in [0.1, 0.15) is 0 Å². The molecule has 0 unspecified atom stereocenters. The van der Waals surface area contributed by atoms with Gasteiger partial charge in [-0.1, -0.05) is 20.8 Å². The summed E-state index contributed by atoms with van der Waals surface area (Å²) in [6, 6.07) is 12.4. The van der Waals surface area contributed by atoms with Crippen LogP contribution in [0.15, 0.2) is 53.4 Å².